The van der Waals surface area contributed by atoms with Crippen LogP contribution >= 0.6 is 11.6 Å². The number of H-pyrrole nitrogens is 1. The fraction of sp³-hybridized carbons (Fsp3) is 0.105. The number of esters is 2. The summed E-state index contributed by atoms with van der Waals surface area (Å²) in [5, 5.41) is 3.43. The van der Waals surface area contributed by atoms with Gasteiger partial charge in [-0.05, 0) is 18.2 Å². The summed E-state index contributed by atoms with van der Waals surface area (Å²) in [5.41, 5.74) is 1.21. The lowest BCUT2D eigenvalue weighted by Gasteiger charge is -2.09. The van der Waals surface area contributed by atoms with Crippen molar-refractivity contribution in [1.29, 1.82) is 0 Å². The van der Waals surface area contributed by atoms with E-state index in [9.17, 15) is 14.4 Å². The molecular weight excluding hydrogens is 372 g/mol. The van der Waals surface area contributed by atoms with Crippen LogP contribution in [0.2, 0.25) is 5.02 Å². The van der Waals surface area contributed by atoms with E-state index in [-0.39, 0.29) is 22.0 Å². The molecule has 1 amide bonds. The number of halogens is 1. The second-order valence-corrected chi connectivity index (χ2v) is 5.90. The number of ether oxygens (including phenoxy) is 2. The highest BCUT2D eigenvalue weighted by atomic mass is 35.5. The Hall–Kier alpha value is -3.32. The summed E-state index contributed by atoms with van der Waals surface area (Å²) in [5.74, 6) is -1.95. The van der Waals surface area contributed by atoms with Crippen molar-refractivity contribution in [3.8, 4) is 0 Å². The number of carbonyl (C=O) groups is 3. The first-order valence-corrected chi connectivity index (χ1v) is 8.29. The van der Waals surface area contributed by atoms with Gasteiger partial charge in [0, 0.05) is 10.9 Å². The lowest BCUT2D eigenvalue weighted by Crippen LogP contribution is -2.22. The van der Waals surface area contributed by atoms with Crippen molar-refractivity contribution in [3.63, 3.8) is 0 Å². The standard InChI is InChI=1S/C19H15ClN2O5/c1-26-18(24)12-7-3-5-9-14(12)21-15(23)10-27-19(25)17-16(20)11-6-2-4-8-13(11)22-17/h2-9,22H,10H2,1H3,(H,21,23). The zero-order valence-corrected chi connectivity index (χ0v) is 15.0. The molecule has 3 aromatic rings. The van der Waals surface area contributed by atoms with E-state index in [1.54, 1.807) is 42.5 Å². The van der Waals surface area contributed by atoms with Crippen LogP contribution < -0.4 is 5.32 Å². The number of methoxy groups -OCH3 is 1. The SMILES string of the molecule is COC(=O)c1ccccc1NC(=O)COC(=O)c1[nH]c2ccccc2c1Cl. The van der Waals surface area contributed by atoms with Crippen LogP contribution in [0.1, 0.15) is 20.8 Å². The highest BCUT2D eigenvalue weighted by Crippen LogP contribution is 2.27. The Morgan fingerprint density at radius 3 is 2.48 bits per heavy atom. The van der Waals surface area contributed by atoms with Gasteiger partial charge < -0.3 is 19.8 Å². The third kappa shape index (κ3) is 3.93. The van der Waals surface area contributed by atoms with Crippen LogP contribution in [-0.2, 0) is 14.3 Å². The van der Waals surface area contributed by atoms with E-state index in [1.807, 2.05) is 0 Å². The molecule has 138 valence electrons. The van der Waals surface area contributed by atoms with Gasteiger partial charge in [0.1, 0.15) is 5.69 Å². The molecule has 0 aliphatic carbocycles. The van der Waals surface area contributed by atoms with Gasteiger partial charge in [-0.1, -0.05) is 41.9 Å². The van der Waals surface area contributed by atoms with Crippen molar-refractivity contribution >= 4 is 46.0 Å². The average molecular weight is 387 g/mol. The predicted molar refractivity (Wildman–Crippen MR) is 100 cm³/mol. The molecule has 0 unspecified atom stereocenters. The van der Waals surface area contributed by atoms with E-state index in [0.717, 1.165) is 0 Å². The smallest absolute Gasteiger partial charge is 0.356 e. The number of aromatic nitrogens is 1. The zero-order chi connectivity index (χ0) is 19.4. The molecule has 0 aliphatic heterocycles. The Balaban J connectivity index is 1.66. The summed E-state index contributed by atoms with van der Waals surface area (Å²) < 4.78 is 9.68. The maximum atomic E-state index is 12.2. The molecule has 2 N–H and O–H groups in total. The van der Waals surface area contributed by atoms with E-state index in [0.29, 0.717) is 10.9 Å². The third-order valence-electron chi connectivity index (χ3n) is 3.79. The number of para-hydroxylation sites is 2. The van der Waals surface area contributed by atoms with E-state index >= 15 is 0 Å². The molecule has 3 rings (SSSR count). The number of hydrogen-bond acceptors (Lipinski definition) is 5. The Morgan fingerprint density at radius 1 is 1.04 bits per heavy atom. The third-order valence-corrected chi connectivity index (χ3v) is 4.18. The number of carbonyl (C=O) groups excluding carboxylic acids is 3. The number of nitrogens with one attached hydrogen (secondary N) is 2. The molecule has 0 spiro atoms. The maximum Gasteiger partial charge on any atom is 0.356 e. The largest absolute Gasteiger partial charge is 0.465 e. The summed E-state index contributed by atoms with van der Waals surface area (Å²) in [6, 6.07) is 13.5. The Kier molecular flexibility index (Phi) is 5.42. The lowest BCUT2D eigenvalue weighted by molar-refractivity contribution is -0.119. The molecule has 1 heterocycles. The number of anilines is 1. The fourth-order valence-electron chi connectivity index (χ4n) is 2.52. The highest BCUT2D eigenvalue weighted by Gasteiger charge is 2.19. The first-order chi connectivity index (χ1) is 13.0. The lowest BCUT2D eigenvalue weighted by atomic mass is 10.2. The highest BCUT2D eigenvalue weighted by molar-refractivity contribution is 6.38. The quantitative estimate of drug-likeness (QED) is 0.655. The van der Waals surface area contributed by atoms with Crippen LogP contribution in [-0.4, -0.2) is 36.5 Å². The van der Waals surface area contributed by atoms with Gasteiger partial charge in [-0.2, -0.15) is 0 Å². The van der Waals surface area contributed by atoms with Crippen molar-refractivity contribution in [1.82, 2.24) is 4.98 Å². The van der Waals surface area contributed by atoms with Gasteiger partial charge in [0.2, 0.25) is 0 Å². The number of fused-ring (bicyclic) bond motifs is 1. The Bertz CT molecular complexity index is 1030. The first kappa shape index (κ1) is 18.5. The fourth-order valence-corrected chi connectivity index (χ4v) is 2.81. The summed E-state index contributed by atoms with van der Waals surface area (Å²) in [6.45, 7) is -0.542. The van der Waals surface area contributed by atoms with Crippen molar-refractivity contribution < 1.29 is 23.9 Å². The van der Waals surface area contributed by atoms with Gasteiger partial charge in [0.15, 0.2) is 6.61 Å². The summed E-state index contributed by atoms with van der Waals surface area (Å²) >= 11 is 6.18. The molecule has 0 atom stereocenters. The molecule has 8 heteroatoms. The second-order valence-electron chi connectivity index (χ2n) is 5.52. The van der Waals surface area contributed by atoms with Crippen LogP contribution in [0.5, 0.6) is 0 Å². The van der Waals surface area contributed by atoms with E-state index in [2.05, 4.69) is 15.0 Å². The van der Waals surface area contributed by atoms with Gasteiger partial charge in [-0.25, -0.2) is 9.59 Å². The number of amides is 1. The maximum absolute atomic E-state index is 12.2. The molecule has 0 radical (unpaired) electrons. The van der Waals surface area contributed by atoms with E-state index < -0.39 is 24.5 Å². The molecule has 0 bridgehead atoms. The minimum absolute atomic E-state index is 0.0700. The van der Waals surface area contributed by atoms with E-state index in [1.165, 1.54) is 13.2 Å². The Labute approximate surface area is 159 Å². The van der Waals surface area contributed by atoms with Crippen LogP contribution in [0.15, 0.2) is 48.5 Å². The number of benzene rings is 2. The van der Waals surface area contributed by atoms with Gasteiger partial charge in [0.05, 0.1) is 23.4 Å². The predicted octanol–water partition coefficient (Wildman–Crippen LogP) is 3.40. The zero-order valence-electron chi connectivity index (χ0n) is 14.2. The van der Waals surface area contributed by atoms with Crippen molar-refractivity contribution in [2.45, 2.75) is 0 Å². The van der Waals surface area contributed by atoms with Gasteiger partial charge in [0.25, 0.3) is 5.91 Å². The van der Waals surface area contributed by atoms with Gasteiger partial charge in [-0.15, -0.1) is 0 Å². The first-order valence-electron chi connectivity index (χ1n) is 7.91. The number of aromatic amines is 1. The van der Waals surface area contributed by atoms with Crippen molar-refractivity contribution in [2.24, 2.45) is 0 Å². The van der Waals surface area contributed by atoms with Crippen LogP contribution in [0.4, 0.5) is 5.69 Å². The number of rotatable bonds is 5. The Morgan fingerprint density at radius 2 is 1.74 bits per heavy atom. The summed E-state index contributed by atoms with van der Waals surface area (Å²) in [6.07, 6.45) is 0. The molecule has 1 aromatic heterocycles. The molecule has 0 fully saturated rings. The molecule has 0 saturated carbocycles. The van der Waals surface area contributed by atoms with Crippen LogP contribution in [0, 0.1) is 0 Å². The van der Waals surface area contributed by atoms with E-state index in [4.69, 9.17) is 16.3 Å². The van der Waals surface area contributed by atoms with Crippen molar-refractivity contribution in [2.75, 3.05) is 19.0 Å². The topological polar surface area (TPSA) is 97.5 Å². The summed E-state index contributed by atoms with van der Waals surface area (Å²) in [4.78, 5) is 38.9. The molecule has 2 aromatic carbocycles. The normalized spacial score (nSPS) is 10.4. The van der Waals surface area contributed by atoms with Gasteiger partial charge >= 0.3 is 11.9 Å². The molecule has 0 saturated heterocycles. The molecule has 7 nitrogen and oxygen atoms in total. The van der Waals surface area contributed by atoms with Crippen molar-refractivity contribution in [3.05, 3.63) is 64.8 Å². The second kappa shape index (κ2) is 7.92. The minimum atomic E-state index is -0.757. The van der Waals surface area contributed by atoms with Crippen LogP contribution in [0.25, 0.3) is 10.9 Å². The minimum Gasteiger partial charge on any atom is -0.465 e. The average Bonchev–Trinajstić information content (AvgIpc) is 3.03. The number of hydrogen-bond donors (Lipinski definition) is 2. The monoisotopic (exact) mass is 386 g/mol. The molecule has 27 heavy (non-hydrogen) atoms. The molecule has 0 aliphatic rings. The molecular formula is C19H15ClN2O5. The van der Waals surface area contributed by atoms with Gasteiger partial charge in [-0.3, -0.25) is 4.79 Å². The summed E-state index contributed by atoms with van der Waals surface area (Å²) in [7, 11) is 1.24. The van der Waals surface area contributed by atoms with Crippen LogP contribution in [0.3, 0.4) is 0 Å².